The SMILES string of the molecule is O=C(CN1CCN(C(=O)c2cc(F)c(F)cc2Cl)CC1)NCc1ccccc1. The molecule has 0 radical (unpaired) electrons. The number of rotatable bonds is 5. The molecule has 0 atom stereocenters. The van der Waals surface area contributed by atoms with E-state index in [0.717, 1.165) is 17.7 Å². The first kappa shape index (κ1) is 20.2. The van der Waals surface area contributed by atoms with Crippen molar-refractivity contribution in [2.24, 2.45) is 0 Å². The molecular weight excluding hydrogens is 388 g/mol. The van der Waals surface area contributed by atoms with Crippen LogP contribution in [0.1, 0.15) is 15.9 Å². The van der Waals surface area contributed by atoms with Gasteiger partial charge in [-0.25, -0.2) is 8.78 Å². The lowest BCUT2D eigenvalue weighted by Crippen LogP contribution is -2.51. The Morgan fingerprint density at radius 3 is 2.32 bits per heavy atom. The largest absolute Gasteiger partial charge is 0.351 e. The predicted octanol–water partition coefficient (Wildman–Crippen LogP) is 2.69. The van der Waals surface area contributed by atoms with Crippen LogP contribution in [0.25, 0.3) is 0 Å². The number of carbonyl (C=O) groups is 2. The van der Waals surface area contributed by atoms with Crippen LogP contribution in [0.3, 0.4) is 0 Å². The van der Waals surface area contributed by atoms with E-state index in [0.29, 0.717) is 32.7 Å². The Labute approximate surface area is 166 Å². The van der Waals surface area contributed by atoms with Crippen LogP contribution in [-0.2, 0) is 11.3 Å². The van der Waals surface area contributed by atoms with Gasteiger partial charge in [0.05, 0.1) is 17.1 Å². The Morgan fingerprint density at radius 1 is 1.00 bits per heavy atom. The molecule has 0 aliphatic carbocycles. The van der Waals surface area contributed by atoms with E-state index in [1.165, 1.54) is 4.90 Å². The highest BCUT2D eigenvalue weighted by Gasteiger charge is 2.25. The van der Waals surface area contributed by atoms with E-state index in [9.17, 15) is 18.4 Å². The maximum absolute atomic E-state index is 13.4. The number of halogens is 3. The van der Waals surface area contributed by atoms with Crippen molar-refractivity contribution in [3.05, 3.63) is 70.2 Å². The second kappa shape index (κ2) is 9.12. The third kappa shape index (κ3) is 5.05. The van der Waals surface area contributed by atoms with Gasteiger partial charge in [0, 0.05) is 32.7 Å². The summed E-state index contributed by atoms with van der Waals surface area (Å²) >= 11 is 5.88. The third-order valence-electron chi connectivity index (χ3n) is 4.60. The molecule has 0 bridgehead atoms. The highest BCUT2D eigenvalue weighted by Crippen LogP contribution is 2.22. The molecule has 28 heavy (non-hydrogen) atoms. The predicted molar refractivity (Wildman–Crippen MR) is 102 cm³/mol. The van der Waals surface area contributed by atoms with Gasteiger partial charge in [-0.2, -0.15) is 0 Å². The minimum atomic E-state index is -1.11. The van der Waals surface area contributed by atoms with Crippen LogP contribution in [-0.4, -0.2) is 54.3 Å². The van der Waals surface area contributed by atoms with E-state index < -0.39 is 17.5 Å². The average Bonchev–Trinajstić information content (AvgIpc) is 2.70. The Hall–Kier alpha value is -2.51. The summed E-state index contributed by atoms with van der Waals surface area (Å²) in [4.78, 5) is 28.1. The molecule has 1 saturated heterocycles. The van der Waals surface area contributed by atoms with Gasteiger partial charge in [-0.3, -0.25) is 14.5 Å². The summed E-state index contributed by atoms with van der Waals surface area (Å²) in [6.07, 6.45) is 0. The number of amides is 2. The first-order valence-electron chi connectivity index (χ1n) is 8.91. The molecule has 2 aromatic rings. The first-order chi connectivity index (χ1) is 13.4. The maximum Gasteiger partial charge on any atom is 0.255 e. The lowest BCUT2D eigenvalue weighted by molar-refractivity contribution is -0.122. The Kier molecular flexibility index (Phi) is 6.59. The van der Waals surface area contributed by atoms with Gasteiger partial charge in [0.15, 0.2) is 11.6 Å². The molecule has 0 aromatic heterocycles. The zero-order valence-electron chi connectivity index (χ0n) is 15.1. The minimum Gasteiger partial charge on any atom is -0.351 e. The molecule has 0 unspecified atom stereocenters. The summed E-state index contributed by atoms with van der Waals surface area (Å²) in [6, 6.07) is 11.2. The zero-order chi connectivity index (χ0) is 20.1. The second-order valence-corrected chi connectivity index (χ2v) is 6.98. The van der Waals surface area contributed by atoms with E-state index in [2.05, 4.69) is 5.32 Å². The van der Waals surface area contributed by atoms with Gasteiger partial charge < -0.3 is 10.2 Å². The van der Waals surface area contributed by atoms with Crippen LogP contribution in [0.15, 0.2) is 42.5 Å². The third-order valence-corrected chi connectivity index (χ3v) is 4.91. The highest BCUT2D eigenvalue weighted by molar-refractivity contribution is 6.33. The molecule has 8 heteroatoms. The van der Waals surface area contributed by atoms with E-state index in [1.54, 1.807) is 0 Å². The van der Waals surface area contributed by atoms with Crippen molar-refractivity contribution in [3.8, 4) is 0 Å². The summed E-state index contributed by atoms with van der Waals surface area (Å²) in [5, 5.41) is 2.75. The fourth-order valence-corrected chi connectivity index (χ4v) is 3.25. The van der Waals surface area contributed by atoms with Gasteiger partial charge >= 0.3 is 0 Å². The molecular formula is C20H20ClF2N3O2. The van der Waals surface area contributed by atoms with E-state index in [1.807, 2.05) is 35.2 Å². The summed E-state index contributed by atoms with van der Waals surface area (Å²) < 4.78 is 26.6. The smallest absolute Gasteiger partial charge is 0.255 e. The lowest BCUT2D eigenvalue weighted by Gasteiger charge is -2.34. The van der Waals surface area contributed by atoms with Crippen molar-refractivity contribution in [1.82, 2.24) is 15.1 Å². The van der Waals surface area contributed by atoms with E-state index in [-0.39, 0.29) is 23.0 Å². The first-order valence-corrected chi connectivity index (χ1v) is 9.28. The summed E-state index contributed by atoms with van der Waals surface area (Å²) in [5.74, 6) is -2.74. The molecule has 148 valence electrons. The lowest BCUT2D eigenvalue weighted by atomic mass is 10.1. The normalized spacial score (nSPS) is 14.8. The number of hydrogen-bond acceptors (Lipinski definition) is 3. The molecule has 1 fully saturated rings. The topological polar surface area (TPSA) is 52.7 Å². The number of hydrogen-bond donors (Lipinski definition) is 1. The van der Waals surface area contributed by atoms with Gasteiger partial charge in [0.2, 0.25) is 5.91 Å². The standard InChI is InChI=1S/C20H20ClF2N3O2/c21-16-11-18(23)17(22)10-15(16)20(28)26-8-6-25(7-9-26)13-19(27)24-12-14-4-2-1-3-5-14/h1-5,10-11H,6-9,12-13H2,(H,24,27). The van der Waals surface area contributed by atoms with E-state index in [4.69, 9.17) is 11.6 Å². The van der Waals surface area contributed by atoms with E-state index >= 15 is 0 Å². The van der Waals surface area contributed by atoms with Crippen LogP contribution < -0.4 is 5.32 Å². The monoisotopic (exact) mass is 407 g/mol. The fraction of sp³-hybridized carbons (Fsp3) is 0.300. The zero-order valence-corrected chi connectivity index (χ0v) is 15.9. The van der Waals surface area contributed by atoms with Gasteiger partial charge in [0.25, 0.3) is 5.91 Å². The van der Waals surface area contributed by atoms with Crippen molar-refractivity contribution >= 4 is 23.4 Å². The molecule has 0 spiro atoms. The fourth-order valence-electron chi connectivity index (χ4n) is 3.02. The van der Waals surface area contributed by atoms with Crippen molar-refractivity contribution in [2.75, 3.05) is 32.7 Å². The molecule has 1 N–H and O–H groups in total. The number of benzene rings is 2. The van der Waals surface area contributed by atoms with Crippen LogP contribution in [0.2, 0.25) is 5.02 Å². The maximum atomic E-state index is 13.4. The van der Waals surface area contributed by atoms with Gasteiger partial charge in [-0.1, -0.05) is 41.9 Å². The molecule has 5 nitrogen and oxygen atoms in total. The van der Waals surface area contributed by atoms with Crippen LogP contribution >= 0.6 is 11.6 Å². The van der Waals surface area contributed by atoms with Crippen LogP contribution in [0.5, 0.6) is 0 Å². The minimum absolute atomic E-state index is 0.0605. The van der Waals surface area contributed by atoms with Gasteiger partial charge in [0.1, 0.15) is 0 Å². The molecule has 2 amide bonds. The Morgan fingerprint density at radius 2 is 1.64 bits per heavy atom. The Bertz CT molecular complexity index is 856. The molecule has 2 aromatic carbocycles. The second-order valence-electron chi connectivity index (χ2n) is 6.58. The molecule has 1 aliphatic rings. The molecule has 1 heterocycles. The van der Waals surface area contributed by atoms with Crippen LogP contribution in [0, 0.1) is 11.6 Å². The highest BCUT2D eigenvalue weighted by atomic mass is 35.5. The number of nitrogens with one attached hydrogen (secondary N) is 1. The number of carbonyl (C=O) groups excluding carboxylic acids is 2. The van der Waals surface area contributed by atoms with Crippen molar-refractivity contribution in [2.45, 2.75) is 6.54 Å². The van der Waals surface area contributed by atoms with Crippen molar-refractivity contribution in [3.63, 3.8) is 0 Å². The molecule has 3 rings (SSSR count). The van der Waals surface area contributed by atoms with Gasteiger partial charge in [-0.15, -0.1) is 0 Å². The summed E-state index contributed by atoms with van der Waals surface area (Å²) in [6.45, 7) is 2.46. The van der Waals surface area contributed by atoms with Gasteiger partial charge in [-0.05, 0) is 17.7 Å². The number of piperazine rings is 1. The number of nitrogens with zero attached hydrogens (tertiary/aromatic N) is 2. The molecule has 0 saturated carbocycles. The quantitative estimate of drug-likeness (QED) is 0.775. The van der Waals surface area contributed by atoms with Crippen LogP contribution in [0.4, 0.5) is 8.78 Å². The average molecular weight is 408 g/mol. The Balaban J connectivity index is 1.48. The van der Waals surface area contributed by atoms with Crippen molar-refractivity contribution in [1.29, 1.82) is 0 Å². The summed E-state index contributed by atoms with van der Waals surface area (Å²) in [7, 11) is 0. The van der Waals surface area contributed by atoms with Crippen molar-refractivity contribution < 1.29 is 18.4 Å². The summed E-state index contributed by atoms with van der Waals surface area (Å²) in [5.41, 5.74) is 0.962. The molecule has 1 aliphatic heterocycles.